The zero-order valence-electron chi connectivity index (χ0n) is 12.0. The number of amides is 1. The normalized spacial score (nSPS) is 16.4. The first-order valence-electron chi connectivity index (χ1n) is 6.97. The van der Waals surface area contributed by atoms with Gasteiger partial charge in [0.05, 0.1) is 0 Å². The Hall–Kier alpha value is -0.960. The quantitative estimate of drug-likeness (QED) is 0.805. The highest BCUT2D eigenvalue weighted by atomic mass is 32.2. The molecule has 0 unspecified atom stereocenters. The van der Waals surface area contributed by atoms with E-state index in [0.29, 0.717) is 12.3 Å². The fraction of sp³-hybridized carbons (Fsp3) is 0.562. The molecule has 1 fully saturated rings. The minimum Gasteiger partial charge on any atom is -0.355 e. The first kappa shape index (κ1) is 14.4. The number of rotatable bonds is 6. The summed E-state index contributed by atoms with van der Waals surface area (Å²) in [4.78, 5) is 13.1. The van der Waals surface area contributed by atoms with E-state index in [2.05, 4.69) is 49.7 Å². The lowest BCUT2D eigenvalue weighted by atomic mass is 9.95. The highest BCUT2D eigenvalue weighted by Crippen LogP contribution is 2.50. The van der Waals surface area contributed by atoms with Crippen molar-refractivity contribution in [1.29, 1.82) is 0 Å². The molecule has 0 aliphatic heterocycles. The van der Waals surface area contributed by atoms with Crippen LogP contribution in [0.5, 0.6) is 0 Å². The third kappa shape index (κ3) is 3.53. The van der Waals surface area contributed by atoms with Gasteiger partial charge in [0, 0.05) is 23.3 Å². The SMILES string of the molecule is CSc1ccccc1C1(CNC(=O)CC(C)C)CC1. The fourth-order valence-corrected chi connectivity index (χ4v) is 3.20. The van der Waals surface area contributed by atoms with Crippen LogP contribution in [0.3, 0.4) is 0 Å². The molecule has 0 heterocycles. The van der Waals surface area contributed by atoms with Crippen molar-refractivity contribution in [3.05, 3.63) is 29.8 Å². The molecule has 1 aromatic carbocycles. The molecular formula is C16H23NOS. The molecule has 1 amide bonds. The lowest BCUT2D eigenvalue weighted by molar-refractivity contribution is -0.121. The van der Waals surface area contributed by atoms with Crippen LogP contribution in [0, 0.1) is 5.92 Å². The topological polar surface area (TPSA) is 29.1 Å². The molecule has 0 atom stereocenters. The molecule has 0 radical (unpaired) electrons. The van der Waals surface area contributed by atoms with Crippen molar-refractivity contribution >= 4 is 17.7 Å². The molecular weight excluding hydrogens is 254 g/mol. The van der Waals surface area contributed by atoms with Crippen molar-refractivity contribution in [3.8, 4) is 0 Å². The van der Waals surface area contributed by atoms with Crippen LogP contribution in [-0.2, 0) is 10.2 Å². The van der Waals surface area contributed by atoms with Gasteiger partial charge in [0.15, 0.2) is 0 Å². The summed E-state index contributed by atoms with van der Waals surface area (Å²) < 4.78 is 0. The summed E-state index contributed by atoms with van der Waals surface area (Å²) in [6.45, 7) is 4.95. The van der Waals surface area contributed by atoms with Crippen molar-refractivity contribution in [3.63, 3.8) is 0 Å². The van der Waals surface area contributed by atoms with Gasteiger partial charge in [-0.2, -0.15) is 0 Å². The summed E-state index contributed by atoms with van der Waals surface area (Å²) in [7, 11) is 0. The minimum atomic E-state index is 0.183. The second-order valence-electron chi connectivity index (χ2n) is 5.86. The first-order chi connectivity index (χ1) is 9.07. The zero-order valence-corrected chi connectivity index (χ0v) is 12.8. The van der Waals surface area contributed by atoms with Crippen LogP contribution in [0.4, 0.5) is 0 Å². The van der Waals surface area contributed by atoms with Crippen LogP contribution in [0.15, 0.2) is 29.2 Å². The molecule has 19 heavy (non-hydrogen) atoms. The third-order valence-electron chi connectivity index (χ3n) is 3.75. The Morgan fingerprint density at radius 1 is 1.37 bits per heavy atom. The van der Waals surface area contributed by atoms with E-state index in [-0.39, 0.29) is 11.3 Å². The predicted octanol–water partition coefficient (Wildman–Crippen LogP) is 3.60. The van der Waals surface area contributed by atoms with Crippen molar-refractivity contribution in [1.82, 2.24) is 5.32 Å². The Balaban J connectivity index is 2.01. The number of nitrogens with one attached hydrogen (secondary N) is 1. The highest BCUT2D eigenvalue weighted by Gasteiger charge is 2.45. The van der Waals surface area contributed by atoms with Gasteiger partial charge in [-0.25, -0.2) is 0 Å². The van der Waals surface area contributed by atoms with Gasteiger partial charge in [-0.15, -0.1) is 11.8 Å². The summed E-state index contributed by atoms with van der Waals surface area (Å²) in [6.07, 6.45) is 5.12. The number of thioether (sulfide) groups is 1. The Labute approximate surface area is 120 Å². The van der Waals surface area contributed by atoms with Crippen LogP contribution < -0.4 is 5.32 Å². The van der Waals surface area contributed by atoms with Gasteiger partial charge in [-0.05, 0) is 36.6 Å². The predicted molar refractivity (Wildman–Crippen MR) is 81.6 cm³/mol. The Morgan fingerprint density at radius 3 is 2.63 bits per heavy atom. The molecule has 1 N–H and O–H groups in total. The van der Waals surface area contributed by atoms with E-state index in [1.165, 1.54) is 23.3 Å². The average molecular weight is 277 g/mol. The lowest BCUT2D eigenvalue weighted by Gasteiger charge is -2.19. The van der Waals surface area contributed by atoms with E-state index in [4.69, 9.17) is 0 Å². The van der Waals surface area contributed by atoms with E-state index in [1.807, 2.05) is 0 Å². The molecule has 3 heteroatoms. The number of hydrogen-bond donors (Lipinski definition) is 1. The van der Waals surface area contributed by atoms with Crippen molar-refractivity contribution in [2.75, 3.05) is 12.8 Å². The molecule has 1 aliphatic rings. The van der Waals surface area contributed by atoms with Crippen molar-refractivity contribution in [2.45, 2.75) is 43.4 Å². The maximum Gasteiger partial charge on any atom is 0.220 e. The molecule has 104 valence electrons. The maximum atomic E-state index is 11.8. The van der Waals surface area contributed by atoms with E-state index >= 15 is 0 Å². The number of carbonyl (C=O) groups is 1. The van der Waals surface area contributed by atoms with E-state index in [0.717, 1.165) is 6.54 Å². The minimum absolute atomic E-state index is 0.183. The van der Waals surface area contributed by atoms with Crippen LogP contribution in [0.2, 0.25) is 0 Å². The van der Waals surface area contributed by atoms with Gasteiger partial charge in [0.25, 0.3) is 0 Å². The summed E-state index contributed by atoms with van der Waals surface area (Å²) in [5.41, 5.74) is 1.61. The summed E-state index contributed by atoms with van der Waals surface area (Å²) in [5.74, 6) is 0.608. The molecule has 1 aromatic rings. The van der Waals surface area contributed by atoms with Crippen molar-refractivity contribution in [2.24, 2.45) is 5.92 Å². The molecule has 0 saturated heterocycles. The second-order valence-corrected chi connectivity index (χ2v) is 6.70. The maximum absolute atomic E-state index is 11.8. The molecule has 2 nitrogen and oxygen atoms in total. The highest BCUT2D eigenvalue weighted by molar-refractivity contribution is 7.98. The Kier molecular flexibility index (Phi) is 4.56. The average Bonchev–Trinajstić information content (AvgIpc) is 3.17. The van der Waals surface area contributed by atoms with Gasteiger partial charge in [0.2, 0.25) is 5.91 Å². The van der Waals surface area contributed by atoms with E-state index in [9.17, 15) is 4.79 Å². The first-order valence-corrected chi connectivity index (χ1v) is 8.20. The molecule has 0 bridgehead atoms. The smallest absolute Gasteiger partial charge is 0.220 e. The van der Waals surface area contributed by atoms with Crippen LogP contribution in [-0.4, -0.2) is 18.7 Å². The summed E-state index contributed by atoms with van der Waals surface area (Å²) in [5, 5.41) is 3.12. The Bertz CT molecular complexity index is 452. The largest absolute Gasteiger partial charge is 0.355 e. The van der Waals surface area contributed by atoms with Gasteiger partial charge in [-0.1, -0.05) is 32.0 Å². The number of hydrogen-bond acceptors (Lipinski definition) is 2. The lowest BCUT2D eigenvalue weighted by Crippen LogP contribution is -2.33. The van der Waals surface area contributed by atoms with Crippen molar-refractivity contribution < 1.29 is 4.79 Å². The van der Waals surface area contributed by atoms with E-state index in [1.54, 1.807) is 11.8 Å². The molecule has 1 saturated carbocycles. The molecule has 0 aromatic heterocycles. The molecule has 2 rings (SSSR count). The molecule has 0 spiro atoms. The molecule has 1 aliphatic carbocycles. The zero-order chi connectivity index (χ0) is 13.9. The number of carbonyl (C=O) groups excluding carboxylic acids is 1. The monoisotopic (exact) mass is 277 g/mol. The van der Waals surface area contributed by atoms with Crippen LogP contribution >= 0.6 is 11.8 Å². The fourth-order valence-electron chi connectivity index (χ4n) is 2.49. The second kappa shape index (κ2) is 6.00. The standard InChI is InChI=1S/C16H23NOS/c1-12(2)10-15(18)17-11-16(8-9-16)13-6-4-5-7-14(13)19-3/h4-7,12H,8-11H2,1-3H3,(H,17,18). The summed E-state index contributed by atoms with van der Waals surface area (Å²) in [6, 6.07) is 8.58. The number of benzene rings is 1. The van der Waals surface area contributed by atoms with Gasteiger partial charge in [-0.3, -0.25) is 4.79 Å². The van der Waals surface area contributed by atoms with Crippen LogP contribution in [0.25, 0.3) is 0 Å². The van der Waals surface area contributed by atoms with E-state index < -0.39 is 0 Å². The van der Waals surface area contributed by atoms with Gasteiger partial charge < -0.3 is 5.32 Å². The third-order valence-corrected chi connectivity index (χ3v) is 4.55. The Morgan fingerprint density at radius 2 is 2.05 bits per heavy atom. The van der Waals surface area contributed by atoms with Gasteiger partial charge in [0.1, 0.15) is 0 Å². The summed E-state index contributed by atoms with van der Waals surface area (Å²) >= 11 is 1.79. The van der Waals surface area contributed by atoms with Gasteiger partial charge >= 0.3 is 0 Å². The van der Waals surface area contributed by atoms with Crippen LogP contribution in [0.1, 0.15) is 38.7 Å².